The highest BCUT2D eigenvalue weighted by Gasteiger charge is 2.07. The van der Waals surface area contributed by atoms with Crippen LogP contribution < -0.4 is 4.74 Å². The van der Waals surface area contributed by atoms with Gasteiger partial charge in [0.25, 0.3) is 0 Å². The first-order valence-electron chi connectivity index (χ1n) is 6.67. The average molecular weight is 293 g/mol. The number of halogens is 1. The van der Waals surface area contributed by atoms with Crippen molar-refractivity contribution >= 4 is 0 Å². The van der Waals surface area contributed by atoms with Crippen LogP contribution in [0.3, 0.4) is 0 Å². The third kappa shape index (κ3) is 3.13. The van der Waals surface area contributed by atoms with Gasteiger partial charge in [0.2, 0.25) is 0 Å². The molecule has 0 radical (unpaired) electrons. The number of ether oxygens (including phenoxy) is 1. The first-order chi connectivity index (χ1) is 10.7. The molecular formula is C17H12FN3O. The predicted molar refractivity (Wildman–Crippen MR) is 79.0 cm³/mol. The number of aromatic nitrogens is 2. The molecule has 0 bridgehead atoms. The van der Waals surface area contributed by atoms with Crippen molar-refractivity contribution < 1.29 is 9.13 Å². The molecule has 0 aliphatic carbocycles. The first kappa shape index (κ1) is 13.8. The van der Waals surface area contributed by atoms with Crippen molar-refractivity contribution in [3.05, 3.63) is 78.1 Å². The van der Waals surface area contributed by atoms with Crippen LogP contribution in [0.2, 0.25) is 0 Å². The zero-order valence-corrected chi connectivity index (χ0v) is 11.6. The molecule has 22 heavy (non-hydrogen) atoms. The Hall–Kier alpha value is -3.13. The van der Waals surface area contributed by atoms with Gasteiger partial charge in [0.05, 0.1) is 11.9 Å². The summed E-state index contributed by atoms with van der Waals surface area (Å²) in [6.07, 6.45) is 5.27. The van der Waals surface area contributed by atoms with E-state index in [1.165, 1.54) is 12.1 Å². The number of nitriles is 1. The standard InChI is InChI=1S/C17H12FN3O/c18-15-2-1-3-16(9-15)22-17-8-13(4-5-14(17)10-19)11-21-7-6-20-12-21/h1-9,12H,11H2. The van der Waals surface area contributed by atoms with Gasteiger partial charge < -0.3 is 9.30 Å². The van der Waals surface area contributed by atoms with Crippen LogP contribution >= 0.6 is 0 Å². The highest BCUT2D eigenvalue weighted by molar-refractivity contribution is 5.47. The number of nitrogens with zero attached hydrogens (tertiary/aromatic N) is 3. The van der Waals surface area contributed by atoms with E-state index in [0.717, 1.165) is 5.56 Å². The molecule has 3 rings (SSSR count). The Kier molecular flexibility index (Phi) is 3.84. The maximum absolute atomic E-state index is 13.2. The second-order valence-corrected chi connectivity index (χ2v) is 4.74. The maximum atomic E-state index is 13.2. The molecule has 0 amide bonds. The third-order valence-electron chi connectivity index (χ3n) is 3.11. The monoisotopic (exact) mass is 293 g/mol. The lowest BCUT2D eigenvalue weighted by Crippen LogP contribution is -1.98. The predicted octanol–water partition coefficient (Wildman–Crippen LogP) is 3.73. The highest BCUT2D eigenvalue weighted by atomic mass is 19.1. The molecule has 0 aliphatic rings. The molecule has 1 aromatic heterocycles. The van der Waals surface area contributed by atoms with E-state index in [9.17, 15) is 9.65 Å². The zero-order chi connectivity index (χ0) is 15.4. The van der Waals surface area contributed by atoms with Crippen molar-refractivity contribution in [2.45, 2.75) is 6.54 Å². The van der Waals surface area contributed by atoms with Gasteiger partial charge in [0.15, 0.2) is 0 Å². The van der Waals surface area contributed by atoms with Crippen molar-refractivity contribution in [3.8, 4) is 17.6 Å². The lowest BCUT2D eigenvalue weighted by Gasteiger charge is -2.10. The molecule has 0 unspecified atom stereocenters. The Morgan fingerprint density at radius 1 is 1.23 bits per heavy atom. The van der Waals surface area contributed by atoms with E-state index in [4.69, 9.17) is 4.74 Å². The fourth-order valence-electron chi connectivity index (χ4n) is 2.09. The van der Waals surface area contributed by atoms with E-state index in [2.05, 4.69) is 11.1 Å². The van der Waals surface area contributed by atoms with Crippen molar-refractivity contribution in [1.29, 1.82) is 5.26 Å². The molecule has 0 spiro atoms. The topological polar surface area (TPSA) is 50.8 Å². The summed E-state index contributed by atoms with van der Waals surface area (Å²) >= 11 is 0. The van der Waals surface area contributed by atoms with Crippen LogP contribution in [0.4, 0.5) is 4.39 Å². The quantitative estimate of drug-likeness (QED) is 0.736. The van der Waals surface area contributed by atoms with Gasteiger partial charge in [-0.15, -0.1) is 0 Å². The first-order valence-corrected chi connectivity index (χ1v) is 6.67. The van der Waals surface area contributed by atoms with E-state index in [-0.39, 0.29) is 5.82 Å². The smallest absolute Gasteiger partial charge is 0.145 e. The average Bonchev–Trinajstić information content (AvgIpc) is 3.01. The van der Waals surface area contributed by atoms with Crippen LogP contribution in [0.25, 0.3) is 0 Å². The summed E-state index contributed by atoms with van der Waals surface area (Å²) in [5.41, 5.74) is 1.36. The minimum absolute atomic E-state index is 0.358. The SMILES string of the molecule is N#Cc1ccc(Cn2ccnc2)cc1Oc1cccc(F)c1. The van der Waals surface area contributed by atoms with Gasteiger partial charge in [0, 0.05) is 25.0 Å². The molecule has 0 saturated carbocycles. The fourth-order valence-corrected chi connectivity index (χ4v) is 2.09. The summed E-state index contributed by atoms with van der Waals surface area (Å²) in [6, 6.07) is 13.2. The number of benzene rings is 2. The van der Waals surface area contributed by atoms with E-state index in [0.29, 0.717) is 23.6 Å². The molecule has 5 heteroatoms. The molecule has 0 fully saturated rings. The molecular weight excluding hydrogens is 281 g/mol. The van der Waals surface area contributed by atoms with Gasteiger partial charge in [-0.1, -0.05) is 12.1 Å². The van der Waals surface area contributed by atoms with Crippen molar-refractivity contribution in [2.24, 2.45) is 0 Å². The van der Waals surface area contributed by atoms with E-state index in [1.54, 1.807) is 36.8 Å². The van der Waals surface area contributed by atoms with Gasteiger partial charge >= 0.3 is 0 Å². The summed E-state index contributed by atoms with van der Waals surface area (Å²) in [5.74, 6) is 0.382. The van der Waals surface area contributed by atoms with Crippen LogP contribution in [0.15, 0.2) is 61.2 Å². The molecule has 2 aromatic carbocycles. The highest BCUT2D eigenvalue weighted by Crippen LogP contribution is 2.27. The van der Waals surface area contributed by atoms with Crippen molar-refractivity contribution in [2.75, 3.05) is 0 Å². The molecule has 4 nitrogen and oxygen atoms in total. The van der Waals surface area contributed by atoms with Gasteiger partial charge in [0.1, 0.15) is 23.4 Å². The minimum Gasteiger partial charge on any atom is -0.456 e. The number of hydrogen-bond acceptors (Lipinski definition) is 3. The van der Waals surface area contributed by atoms with Gasteiger partial charge in [-0.25, -0.2) is 9.37 Å². The fraction of sp³-hybridized carbons (Fsp3) is 0.0588. The van der Waals surface area contributed by atoms with Gasteiger partial charge in [-0.2, -0.15) is 5.26 Å². The van der Waals surface area contributed by atoms with Crippen LogP contribution in [-0.4, -0.2) is 9.55 Å². The van der Waals surface area contributed by atoms with E-state index in [1.807, 2.05) is 16.8 Å². The minimum atomic E-state index is -0.384. The van der Waals surface area contributed by atoms with Crippen LogP contribution in [0.1, 0.15) is 11.1 Å². The largest absolute Gasteiger partial charge is 0.456 e. The summed E-state index contributed by atoms with van der Waals surface area (Å²) < 4.78 is 20.8. The third-order valence-corrected chi connectivity index (χ3v) is 3.11. The molecule has 3 aromatic rings. The second kappa shape index (κ2) is 6.10. The van der Waals surface area contributed by atoms with Crippen molar-refractivity contribution in [3.63, 3.8) is 0 Å². The summed E-state index contributed by atoms with van der Waals surface area (Å²) in [5, 5.41) is 9.18. The van der Waals surface area contributed by atoms with E-state index >= 15 is 0 Å². The van der Waals surface area contributed by atoms with Crippen LogP contribution in [-0.2, 0) is 6.54 Å². The lowest BCUT2D eigenvalue weighted by molar-refractivity contribution is 0.474. The lowest BCUT2D eigenvalue weighted by atomic mass is 10.1. The Bertz CT molecular complexity index is 822. The molecule has 108 valence electrons. The Labute approximate surface area is 127 Å². The Morgan fingerprint density at radius 2 is 2.14 bits per heavy atom. The van der Waals surface area contributed by atoms with Gasteiger partial charge in [-0.05, 0) is 29.8 Å². The van der Waals surface area contributed by atoms with Crippen LogP contribution in [0.5, 0.6) is 11.5 Å². The number of imidazole rings is 1. The number of rotatable bonds is 4. The van der Waals surface area contributed by atoms with Crippen molar-refractivity contribution in [1.82, 2.24) is 9.55 Å². The van der Waals surface area contributed by atoms with Gasteiger partial charge in [-0.3, -0.25) is 0 Å². The molecule has 1 heterocycles. The van der Waals surface area contributed by atoms with Crippen LogP contribution in [0, 0.1) is 17.1 Å². The summed E-state index contributed by atoms with van der Waals surface area (Å²) in [6.45, 7) is 0.616. The molecule has 0 aliphatic heterocycles. The van der Waals surface area contributed by atoms with E-state index < -0.39 is 0 Å². The molecule has 0 atom stereocenters. The second-order valence-electron chi connectivity index (χ2n) is 4.74. The normalized spacial score (nSPS) is 10.2. The summed E-state index contributed by atoms with van der Waals surface area (Å²) in [4.78, 5) is 3.99. The Morgan fingerprint density at radius 3 is 2.86 bits per heavy atom. The number of hydrogen-bond donors (Lipinski definition) is 0. The molecule has 0 N–H and O–H groups in total. The summed E-state index contributed by atoms with van der Waals surface area (Å²) in [7, 11) is 0. The maximum Gasteiger partial charge on any atom is 0.145 e. The molecule has 0 saturated heterocycles. The Balaban J connectivity index is 1.89. The zero-order valence-electron chi connectivity index (χ0n) is 11.6.